The number of aromatic amines is 1. The Morgan fingerprint density at radius 1 is 1.08 bits per heavy atom. The first-order chi connectivity index (χ1) is 11.5. The highest BCUT2D eigenvalue weighted by atomic mass is 16.5. The van der Waals surface area contributed by atoms with Gasteiger partial charge in [0.1, 0.15) is 18.9 Å². The quantitative estimate of drug-likeness (QED) is 0.702. The van der Waals surface area contributed by atoms with Crippen molar-refractivity contribution in [1.29, 1.82) is 0 Å². The summed E-state index contributed by atoms with van der Waals surface area (Å²) in [4.78, 5) is 15.1. The van der Waals surface area contributed by atoms with Gasteiger partial charge in [-0.15, -0.1) is 0 Å². The van der Waals surface area contributed by atoms with E-state index in [1.54, 1.807) is 6.07 Å². The van der Waals surface area contributed by atoms with E-state index in [4.69, 9.17) is 4.74 Å². The molecule has 5 heteroatoms. The molecule has 0 aliphatic heterocycles. The first-order valence-electron chi connectivity index (χ1n) is 7.89. The van der Waals surface area contributed by atoms with Gasteiger partial charge in [0.2, 0.25) is 0 Å². The molecule has 0 bridgehead atoms. The van der Waals surface area contributed by atoms with Gasteiger partial charge in [-0.3, -0.25) is 0 Å². The summed E-state index contributed by atoms with van der Waals surface area (Å²) in [6.45, 7) is 1.63. The molecule has 124 valence electrons. The van der Waals surface area contributed by atoms with Crippen molar-refractivity contribution >= 4 is 16.9 Å². The van der Waals surface area contributed by atoms with Crippen LogP contribution in [0.1, 0.15) is 10.5 Å². The fourth-order valence-electron chi connectivity index (χ4n) is 2.54. The molecule has 2 aromatic carbocycles. The van der Waals surface area contributed by atoms with E-state index in [0.29, 0.717) is 6.61 Å². The summed E-state index contributed by atoms with van der Waals surface area (Å²) >= 11 is 0. The van der Waals surface area contributed by atoms with Gasteiger partial charge in [0.25, 0.3) is 0 Å². The summed E-state index contributed by atoms with van der Waals surface area (Å²) in [7, 11) is 4.19. The number of carboxylic acid groups (broad SMARTS) is 1. The lowest BCUT2D eigenvalue weighted by atomic mass is 10.0. The van der Waals surface area contributed by atoms with Crippen molar-refractivity contribution in [2.24, 2.45) is 0 Å². The van der Waals surface area contributed by atoms with Crippen LogP contribution in [0.15, 0.2) is 48.5 Å². The van der Waals surface area contributed by atoms with Crippen molar-refractivity contribution in [2.45, 2.75) is 0 Å². The van der Waals surface area contributed by atoms with Crippen molar-refractivity contribution in [3.8, 4) is 16.9 Å². The standard InChI is InChI=1S/C19H20N2O3/c1-21(2)9-10-24-16-6-3-13(4-7-16)14-5-8-17-15(11-14)12-18(20-17)19(22)23/h3-8,11-12,20H,9-10H2,1-2H3,(H,22,23). The highest BCUT2D eigenvalue weighted by molar-refractivity contribution is 5.94. The predicted molar refractivity (Wildman–Crippen MR) is 91.2 cm³/mol. The number of fused-ring (bicyclic) bond motifs is 1. The van der Waals surface area contributed by atoms with Crippen LogP contribution in [0.3, 0.4) is 0 Å². The summed E-state index contributed by atoms with van der Waals surface area (Å²) in [6, 6.07) is 15.3. The monoisotopic (exact) mass is 324 g/mol. The summed E-state index contributed by atoms with van der Waals surface area (Å²) in [5.41, 5.74) is 2.95. The summed E-state index contributed by atoms with van der Waals surface area (Å²) in [5, 5.41) is 11.8. The Hall–Kier alpha value is -2.79. The normalized spacial score (nSPS) is 11.1. The third-order valence-electron chi connectivity index (χ3n) is 3.90. The second kappa shape index (κ2) is 6.76. The summed E-state index contributed by atoms with van der Waals surface area (Å²) in [6.07, 6.45) is 0. The Morgan fingerprint density at radius 2 is 1.79 bits per heavy atom. The maximum absolute atomic E-state index is 10.9. The van der Waals surface area contributed by atoms with Gasteiger partial charge < -0.3 is 24.5 Å². The number of quaternary nitrogens is 1. The molecule has 0 unspecified atom stereocenters. The minimum atomic E-state index is -1.20. The zero-order valence-electron chi connectivity index (χ0n) is 13.8. The lowest BCUT2D eigenvalue weighted by Gasteiger charge is -2.09. The largest absolute Gasteiger partial charge is 0.543 e. The average Bonchev–Trinajstić information content (AvgIpc) is 2.98. The minimum Gasteiger partial charge on any atom is -0.543 e. The molecule has 0 spiro atoms. The van der Waals surface area contributed by atoms with Crippen molar-refractivity contribution in [1.82, 2.24) is 4.98 Å². The number of rotatable bonds is 6. The highest BCUT2D eigenvalue weighted by Gasteiger charge is 2.05. The van der Waals surface area contributed by atoms with E-state index in [-0.39, 0.29) is 5.69 Å². The number of carboxylic acids is 1. The molecule has 0 aliphatic rings. The topological polar surface area (TPSA) is 69.6 Å². The number of benzene rings is 2. The smallest absolute Gasteiger partial charge is 0.137 e. The third kappa shape index (κ3) is 3.58. The van der Waals surface area contributed by atoms with E-state index in [1.807, 2.05) is 42.5 Å². The molecule has 0 fully saturated rings. The molecule has 5 nitrogen and oxygen atoms in total. The molecule has 0 saturated heterocycles. The Bertz CT molecular complexity index is 851. The van der Waals surface area contributed by atoms with E-state index in [9.17, 15) is 9.90 Å². The number of hydrogen-bond acceptors (Lipinski definition) is 3. The van der Waals surface area contributed by atoms with Crippen LogP contribution in [0, 0.1) is 0 Å². The molecule has 3 rings (SSSR count). The fraction of sp³-hybridized carbons (Fsp3) is 0.211. The zero-order chi connectivity index (χ0) is 17.1. The molecule has 1 aromatic heterocycles. The predicted octanol–water partition coefficient (Wildman–Crippen LogP) is 0.722. The van der Waals surface area contributed by atoms with Crippen LogP contribution in [0.5, 0.6) is 5.75 Å². The second-order valence-electron chi connectivity index (χ2n) is 6.10. The van der Waals surface area contributed by atoms with Gasteiger partial charge in [-0.1, -0.05) is 18.2 Å². The van der Waals surface area contributed by atoms with Gasteiger partial charge in [0.15, 0.2) is 0 Å². The van der Waals surface area contributed by atoms with Crippen molar-refractivity contribution < 1.29 is 19.5 Å². The third-order valence-corrected chi connectivity index (χ3v) is 3.90. The fourth-order valence-corrected chi connectivity index (χ4v) is 2.54. The van der Waals surface area contributed by atoms with Crippen molar-refractivity contribution in [3.63, 3.8) is 0 Å². The number of nitrogens with one attached hydrogen (secondary N) is 2. The second-order valence-corrected chi connectivity index (χ2v) is 6.10. The van der Waals surface area contributed by atoms with Crippen LogP contribution < -0.4 is 14.7 Å². The number of carbonyl (C=O) groups is 1. The SMILES string of the molecule is C[NH+](C)CCOc1ccc(-c2ccc3[nH]c(C(=O)[O-])cc3c2)cc1. The van der Waals surface area contributed by atoms with Crippen LogP contribution >= 0.6 is 0 Å². The highest BCUT2D eigenvalue weighted by Crippen LogP contribution is 2.26. The number of aromatic carboxylic acids is 1. The maximum atomic E-state index is 10.9. The lowest BCUT2D eigenvalue weighted by Crippen LogP contribution is -3.06. The molecule has 2 N–H and O–H groups in total. The molecule has 0 radical (unpaired) electrons. The molecule has 0 aliphatic carbocycles. The number of aromatic nitrogens is 1. The Morgan fingerprint density at radius 3 is 2.46 bits per heavy atom. The van der Waals surface area contributed by atoms with Gasteiger partial charge in [-0.2, -0.15) is 0 Å². The van der Waals surface area contributed by atoms with E-state index < -0.39 is 5.97 Å². The molecule has 3 aromatic rings. The molecule has 0 saturated carbocycles. The van der Waals surface area contributed by atoms with Crippen molar-refractivity contribution in [3.05, 3.63) is 54.2 Å². The summed E-state index contributed by atoms with van der Waals surface area (Å²) < 4.78 is 5.71. The Balaban J connectivity index is 1.78. The first kappa shape index (κ1) is 16.1. The molecular formula is C19H20N2O3. The van der Waals surface area contributed by atoms with Crippen LogP contribution in [0.25, 0.3) is 22.0 Å². The van der Waals surface area contributed by atoms with Gasteiger partial charge in [-0.25, -0.2) is 0 Å². The molecular weight excluding hydrogens is 304 g/mol. The van der Waals surface area contributed by atoms with E-state index in [0.717, 1.165) is 34.3 Å². The van der Waals surface area contributed by atoms with Crippen molar-refractivity contribution in [2.75, 3.05) is 27.2 Å². The van der Waals surface area contributed by atoms with Crippen LogP contribution in [-0.2, 0) is 0 Å². The van der Waals surface area contributed by atoms with Gasteiger partial charge in [0, 0.05) is 10.9 Å². The lowest BCUT2D eigenvalue weighted by molar-refractivity contribution is -0.858. The number of carbonyl (C=O) groups excluding carboxylic acids is 1. The maximum Gasteiger partial charge on any atom is 0.137 e. The summed E-state index contributed by atoms with van der Waals surface area (Å²) in [5.74, 6) is -0.351. The molecule has 1 heterocycles. The Labute approximate surface area is 140 Å². The first-order valence-corrected chi connectivity index (χ1v) is 7.89. The van der Waals surface area contributed by atoms with E-state index >= 15 is 0 Å². The van der Waals surface area contributed by atoms with Gasteiger partial charge >= 0.3 is 0 Å². The number of hydrogen-bond donors (Lipinski definition) is 2. The minimum absolute atomic E-state index is 0.0916. The van der Waals surface area contributed by atoms with E-state index in [2.05, 4.69) is 19.1 Å². The molecule has 0 atom stereocenters. The van der Waals surface area contributed by atoms with Crippen LogP contribution in [0.2, 0.25) is 0 Å². The van der Waals surface area contributed by atoms with E-state index in [1.165, 1.54) is 4.90 Å². The molecule has 24 heavy (non-hydrogen) atoms. The molecule has 0 amide bonds. The average molecular weight is 324 g/mol. The van der Waals surface area contributed by atoms with Crippen LogP contribution in [0.4, 0.5) is 0 Å². The number of ether oxygens (including phenoxy) is 1. The zero-order valence-corrected chi connectivity index (χ0v) is 13.8. The number of H-pyrrole nitrogens is 1. The van der Waals surface area contributed by atoms with Gasteiger partial charge in [-0.05, 0) is 41.5 Å². The Kier molecular flexibility index (Phi) is 4.53. The van der Waals surface area contributed by atoms with Gasteiger partial charge in [0.05, 0.1) is 25.8 Å². The van der Waals surface area contributed by atoms with Crippen LogP contribution in [-0.4, -0.2) is 38.2 Å². The number of likely N-dealkylation sites (N-methyl/N-ethyl adjacent to an activating group) is 1.